The number of aromatic nitrogens is 2. The fourth-order valence-corrected chi connectivity index (χ4v) is 14.3. The van der Waals surface area contributed by atoms with Gasteiger partial charge in [0, 0.05) is 77.6 Å². The first-order valence-electron chi connectivity index (χ1n) is 37.5. The van der Waals surface area contributed by atoms with Crippen molar-refractivity contribution in [1.29, 1.82) is 0 Å². The predicted molar refractivity (Wildman–Crippen MR) is 373 cm³/mol. The number of fused-ring (bicyclic) bond motifs is 16. The van der Waals surface area contributed by atoms with Crippen LogP contribution in [0, 0.1) is 0 Å². The molecule has 6 heterocycles. The summed E-state index contributed by atoms with van der Waals surface area (Å²) in [5, 5.41) is 2.82. The largest absolute Gasteiger partial charge is 0.456 e. The molecular weight excluding hydrogens is 1080 g/mol. The van der Waals surface area contributed by atoms with Crippen molar-refractivity contribution in [2.45, 2.75) is 26.2 Å². The third-order valence-electron chi connectivity index (χ3n) is 18.1. The van der Waals surface area contributed by atoms with Crippen LogP contribution in [0.3, 0.4) is 0 Å². The highest BCUT2D eigenvalue weighted by atomic mass is 16.3. The third-order valence-corrected chi connectivity index (χ3v) is 18.1. The molecule has 13 aromatic carbocycles. The van der Waals surface area contributed by atoms with Crippen LogP contribution in [0.25, 0.3) is 121 Å². The second-order valence-electron chi connectivity index (χ2n) is 23.9. The number of hydrogen-bond donors (Lipinski definition) is 0. The number of anilines is 6. The summed E-state index contributed by atoms with van der Waals surface area (Å²) in [5.74, 6) is 0. The van der Waals surface area contributed by atoms with E-state index in [1.807, 2.05) is 133 Å². The van der Waals surface area contributed by atoms with E-state index < -0.39 is 109 Å². The highest BCUT2D eigenvalue weighted by Crippen LogP contribution is 2.55. The smallest absolute Gasteiger partial charge is 0.252 e. The van der Waals surface area contributed by atoms with Crippen molar-refractivity contribution >= 4 is 145 Å². The molecule has 89 heavy (non-hydrogen) atoms. The van der Waals surface area contributed by atoms with Gasteiger partial charge in [-0.3, -0.25) is 0 Å². The molecule has 0 saturated carbocycles. The zero-order valence-electron chi connectivity index (χ0n) is 64.0. The van der Waals surface area contributed by atoms with E-state index in [9.17, 15) is 16.4 Å². The number of hydrogen-bond acceptors (Lipinski definition) is 4. The Hall–Kier alpha value is -11.3. The second kappa shape index (κ2) is 18.6. The van der Waals surface area contributed by atoms with Crippen LogP contribution in [0.5, 0.6) is 0 Å². The summed E-state index contributed by atoms with van der Waals surface area (Å²) >= 11 is 0. The molecule has 4 aromatic heterocycles. The summed E-state index contributed by atoms with van der Waals surface area (Å²) in [6.45, 7) is 5.68. The standard InChI is InChI=1S/C82H55BN4O2/c1-82(2,3)52-46-71-79-72(47-52)87(81-56(51-24-8-5-9-25-51)41-45-76-78(81)62-31-15-21-37-74(62)89-76)70-49-54(85-67-34-18-12-28-59(67)60-29-13-19-35-68(60)85)39-43-64(70)83(79)63-42-38-53(84-65-32-16-10-26-57(65)58-27-11-17-33-66(58)84)48-69(63)86(71)80-55(50-22-6-4-7-23-50)40-44-75-77(80)61-30-14-20-36-73(61)88-75/h4-49H,1-3H3/i10D,11D,12D,13D,16D,17D,18D,19D,26D,27D,28D,29D,32D,33D,34D,35D. The zero-order valence-corrected chi connectivity index (χ0v) is 48.0. The van der Waals surface area contributed by atoms with Gasteiger partial charge in [0.1, 0.15) is 22.3 Å². The van der Waals surface area contributed by atoms with Gasteiger partial charge in [0.15, 0.2) is 0 Å². The summed E-state index contributed by atoms with van der Waals surface area (Å²) in [4.78, 5) is 4.52. The van der Waals surface area contributed by atoms with Crippen LogP contribution in [0.1, 0.15) is 48.3 Å². The van der Waals surface area contributed by atoms with Crippen molar-refractivity contribution < 1.29 is 30.8 Å². The van der Waals surface area contributed by atoms with Crippen LogP contribution < -0.4 is 26.2 Å². The molecule has 0 saturated heterocycles. The molecule has 0 N–H and O–H groups in total. The summed E-state index contributed by atoms with van der Waals surface area (Å²) in [5.41, 5.74) is 12.6. The van der Waals surface area contributed by atoms with Crippen LogP contribution >= 0.6 is 0 Å². The van der Waals surface area contributed by atoms with Crippen LogP contribution in [-0.2, 0) is 5.41 Å². The van der Waals surface area contributed by atoms with Crippen LogP contribution in [0.2, 0.25) is 0 Å². The van der Waals surface area contributed by atoms with E-state index in [0.717, 1.165) is 54.8 Å². The lowest BCUT2D eigenvalue weighted by atomic mass is 9.33. The minimum Gasteiger partial charge on any atom is -0.456 e. The van der Waals surface area contributed by atoms with E-state index in [-0.39, 0.29) is 43.6 Å². The Morgan fingerprint density at radius 1 is 0.360 bits per heavy atom. The van der Waals surface area contributed by atoms with Crippen molar-refractivity contribution in [3.05, 3.63) is 284 Å². The van der Waals surface area contributed by atoms with Gasteiger partial charge in [0.05, 0.1) is 66.1 Å². The Bertz CT molecular complexity index is 6270. The molecule has 0 aliphatic carbocycles. The highest BCUT2D eigenvalue weighted by Gasteiger charge is 2.46. The molecule has 0 spiro atoms. The van der Waals surface area contributed by atoms with Crippen molar-refractivity contribution in [3.63, 3.8) is 0 Å². The van der Waals surface area contributed by atoms with Gasteiger partial charge >= 0.3 is 0 Å². The first kappa shape index (κ1) is 36.7. The predicted octanol–water partition coefficient (Wildman–Crippen LogP) is 20.4. The van der Waals surface area contributed by atoms with Crippen LogP contribution in [-0.4, -0.2) is 15.8 Å². The van der Waals surface area contributed by atoms with Crippen LogP contribution in [0.4, 0.5) is 34.1 Å². The van der Waals surface area contributed by atoms with E-state index >= 15 is 0 Å². The average Bonchev–Trinajstić information content (AvgIpc) is 0.994. The highest BCUT2D eigenvalue weighted by molar-refractivity contribution is 7.00. The minimum absolute atomic E-state index is 0.0583. The lowest BCUT2D eigenvalue weighted by Gasteiger charge is -2.46. The van der Waals surface area contributed by atoms with E-state index in [0.29, 0.717) is 78.8 Å². The lowest BCUT2D eigenvalue weighted by molar-refractivity contribution is 0.590. The fourth-order valence-electron chi connectivity index (χ4n) is 14.3. The van der Waals surface area contributed by atoms with E-state index in [2.05, 4.69) is 79.1 Å². The van der Waals surface area contributed by atoms with Gasteiger partial charge < -0.3 is 27.8 Å². The molecule has 0 unspecified atom stereocenters. The molecule has 6 nitrogen and oxygen atoms in total. The molecule has 0 atom stereocenters. The quantitative estimate of drug-likeness (QED) is 0.156. The van der Waals surface area contributed by atoms with Gasteiger partial charge in [-0.15, -0.1) is 0 Å². The molecular formula is C82H55BN4O2. The molecule has 17 aromatic rings. The number of rotatable bonds is 6. The molecule has 19 rings (SSSR count). The maximum Gasteiger partial charge on any atom is 0.252 e. The summed E-state index contributed by atoms with van der Waals surface area (Å²) < 4.78 is 166. The SMILES string of the molecule is [2H]c1c([2H])c([2H])c2c(c1[2H])c1c([2H])c([2H])c([2H])c([2H])c1n2-c1ccc2c(c1)N(c1c(-c3ccccc3)ccc3oc4ccccc4c13)c1cc(C(C)(C)C)cc3c1B2c1ccc(-n2c4c([2H])c([2H])c([2H])c([2H])c4c4c([2H])c([2H])c([2H])c([2H])c42)cc1N3c1c(-c2ccccc2)ccc2oc3ccccc3c12. The first-order valence-corrected chi connectivity index (χ1v) is 29.5. The number of para-hydroxylation sites is 6. The molecule has 0 amide bonds. The molecule has 7 heteroatoms. The average molecular weight is 1160 g/mol. The zero-order chi connectivity index (χ0) is 72.7. The maximum atomic E-state index is 9.74. The number of furan rings is 2. The van der Waals surface area contributed by atoms with Gasteiger partial charge in [0.2, 0.25) is 0 Å². The third kappa shape index (κ3) is 7.15. The van der Waals surface area contributed by atoms with E-state index in [4.69, 9.17) is 14.3 Å². The fraction of sp³-hybridized carbons (Fsp3) is 0.0488. The van der Waals surface area contributed by atoms with E-state index in [1.54, 1.807) is 0 Å². The number of benzene rings is 13. The van der Waals surface area contributed by atoms with Crippen LogP contribution in [0.15, 0.2) is 288 Å². The Labute approximate surface area is 536 Å². The Kier molecular flexibility index (Phi) is 7.67. The molecule has 0 fully saturated rings. The normalized spacial score (nSPS) is 15.6. The summed E-state index contributed by atoms with van der Waals surface area (Å²) in [6, 6.07) is 51.6. The molecule has 418 valence electrons. The Morgan fingerprint density at radius 2 is 0.742 bits per heavy atom. The monoisotopic (exact) mass is 1150 g/mol. The van der Waals surface area contributed by atoms with Gasteiger partial charge in [-0.2, -0.15) is 0 Å². The molecule has 2 aliphatic rings. The lowest BCUT2D eigenvalue weighted by Crippen LogP contribution is -2.61. The first-order chi connectivity index (χ1) is 50.5. The molecule has 0 radical (unpaired) electrons. The summed E-state index contributed by atoms with van der Waals surface area (Å²) in [7, 11) is 0. The van der Waals surface area contributed by atoms with Crippen molar-refractivity contribution in [2.24, 2.45) is 0 Å². The molecule has 2 aliphatic heterocycles. The van der Waals surface area contributed by atoms with Gasteiger partial charge in [-0.25, -0.2) is 0 Å². The van der Waals surface area contributed by atoms with Crippen molar-refractivity contribution in [2.75, 3.05) is 9.80 Å². The minimum atomic E-state index is -0.758. The van der Waals surface area contributed by atoms with Gasteiger partial charge in [-0.05, 0) is 135 Å². The topological polar surface area (TPSA) is 42.6 Å². The summed E-state index contributed by atoms with van der Waals surface area (Å²) in [6.07, 6.45) is 0. The van der Waals surface area contributed by atoms with Crippen molar-refractivity contribution in [3.8, 4) is 33.6 Å². The van der Waals surface area contributed by atoms with Crippen molar-refractivity contribution in [1.82, 2.24) is 9.13 Å². The Morgan fingerprint density at radius 3 is 1.15 bits per heavy atom. The second-order valence-corrected chi connectivity index (χ2v) is 23.9. The Balaban J connectivity index is 1.03. The van der Waals surface area contributed by atoms with Gasteiger partial charge in [-0.1, -0.05) is 202 Å². The van der Waals surface area contributed by atoms with Gasteiger partial charge in [0.25, 0.3) is 6.71 Å². The molecule has 0 bridgehead atoms. The maximum absolute atomic E-state index is 9.74. The number of nitrogens with zero attached hydrogens (tertiary/aromatic N) is 4. The van der Waals surface area contributed by atoms with E-state index in [1.165, 1.54) is 9.13 Å².